The summed E-state index contributed by atoms with van der Waals surface area (Å²) in [7, 11) is 0. The first-order valence-corrected chi connectivity index (χ1v) is 5.88. The van der Waals surface area contributed by atoms with Crippen molar-refractivity contribution in [3.63, 3.8) is 0 Å². The van der Waals surface area contributed by atoms with Crippen molar-refractivity contribution in [2.45, 2.75) is 32.0 Å². The summed E-state index contributed by atoms with van der Waals surface area (Å²) in [6.45, 7) is 3.98. The second-order valence-corrected chi connectivity index (χ2v) is 4.75. The van der Waals surface area contributed by atoms with E-state index in [0.717, 1.165) is 32.0 Å². The molecular formula is C13H17F2NO. The van der Waals surface area contributed by atoms with Crippen LogP contribution >= 0.6 is 0 Å². The van der Waals surface area contributed by atoms with Crippen molar-refractivity contribution in [1.82, 2.24) is 5.32 Å². The Labute approximate surface area is 100.0 Å². The van der Waals surface area contributed by atoms with E-state index >= 15 is 0 Å². The Hall–Kier alpha value is -1.00. The van der Waals surface area contributed by atoms with E-state index in [0.29, 0.717) is 5.56 Å². The molecule has 1 unspecified atom stereocenters. The first-order valence-electron chi connectivity index (χ1n) is 5.88. The fraction of sp³-hybridized carbons (Fsp3) is 0.538. The van der Waals surface area contributed by atoms with Crippen LogP contribution in [-0.2, 0) is 11.3 Å². The molecule has 1 aromatic carbocycles. The number of nitrogens with one attached hydrogen (secondary N) is 1. The maximum absolute atomic E-state index is 13.4. The Balaban J connectivity index is 1.97. The van der Waals surface area contributed by atoms with Gasteiger partial charge in [0.2, 0.25) is 0 Å². The van der Waals surface area contributed by atoms with E-state index in [-0.39, 0.29) is 12.2 Å². The molecule has 0 radical (unpaired) electrons. The molecule has 1 aliphatic heterocycles. The third-order valence-electron chi connectivity index (χ3n) is 3.15. The Morgan fingerprint density at radius 3 is 2.88 bits per heavy atom. The summed E-state index contributed by atoms with van der Waals surface area (Å²) in [5, 5.41) is 3.26. The first kappa shape index (κ1) is 12.5. The normalized spacial score (nSPS) is 24.9. The number of halogens is 2. The maximum Gasteiger partial charge on any atom is 0.131 e. The standard InChI is InChI=1S/C13H17F2NO/c1-13(5-2-6-16-9-13)17-8-10-3-4-11(14)7-12(10)15/h3-4,7,16H,2,5-6,8-9H2,1H3. The molecule has 0 aliphatic carbocycles. The molecule has 1 N–H and O–H groups in total. The summed E-state index contributed by atoms with van der Waals surface area (Å²) >= 11 is 0. The van der Waals surface area contributed by atoms with Crippen LogP contribution in [0.5, 0.6) is 0 Å². The third-order valence-corrected chi connectivity index (χ3v) is 3.15. The molecule has 0 amide bonds. The van der Waals surface area contributed by atoms with Crippen molar-refractivity contribution >= 4 is 0 Å². The molecule has 1 heterocycles. The quantitative estimate of drug-likeness (QED) is 0.878. The highest BCUT2D eigenvalue weighted by Crippen LogP contribution is 2.22. The molecule has 2 nitrogen and oxygen atoms in total. The molecule has 2 rings (SSSR count). The van der Waals surface area contributed by atoms with E-state index < -0.39 is 11.6 Å². The SMILES string of the molecule is CC1(OCc2ccc(F)cc2F)CCCNC1. The summed E-state index contributed by atoms with van der Waals surface area (Å²) in [4.78, 5) is 0. The van der Waals surface area contributed by atoms with Crippen molar-refractivity contribution in [3.8, 4) is 0 Å². The van der Waals surface area contributed by atoms with Gasteiger partial charge in [-0.3, -0.25) is 0 Å². The average molecular weight is 241 g/mol. The molecule has 0 spiro atoms. The van der Waals surface area contributed by atoms with Crippen LogP contribution in [0.3, 0.4) is 0 Å². The predicted molar refractivity (Wildman–Crippen MR) is 61.7 cm³/mol. The topological polar surface area (TPSA) is 21.3 Å². The lowest BCUT2D eigenvalue weighted by molar-refractivity contribution is -0.0580. The zero-order valence-electron chi connectivity index (χ0n) is 9.93. The van der Waals surface area contributed by atoms with Gasteiger partial charge >= 0.3 is 0 Å². The summed E-state index contributed by atoms with van der Waals surface area (Å²) in [6, 6.07) is 3.58. The minimum absolute atomic E-state index is 0.185. The van der Waals surface area contributed by atoms with E-state index in [1.807, 2.05) is 6.92 Å². The molecule has 0 bridgehead atoms. The van der Waals surface area contributed by atoms with Crippen molar-refractivity contribution in [2.24, 2.45) is 0 Å². The molecule has 1 aliphatic rings. The Morgan fingerprint density at radius 2 is 2.24 bits per heavy atom. The van der Waals surface area contributed by atoms with Crippen molar-refractivity contribution in [2.75, 3.05) is 13.1 Å². The molecule has 1 aromatic rings. The van der Waals surface area contributed by atoms with Crippen molar-refractivity contribution in [1.29, 1.82) is 0 Å². The maximum atomic E-state index is 13.4. The first-order chi connectivity index (χ1) is 8.09. The van der Waals surface area contributed by atoms with Gasteiger partial charge in [-0.25, -0.2) is 8.78 Å². The molecule has 1 fully saturated rings. The number of piperidine rings is 1. The fourth-order valence-electron chi connectivity index (χ4n) is 2.04. The second-order valence-electron chi connectivity index (χ2n) is 4.75. The largest absolute Gasteiger partial charge is 0.369 e. The number of hydrogen-bond donors (Lipinski definition) is 1. The lowest BCUT2D eigenvalue weighted by atomic mass is 9.96. The average Bonchev–Trinajstić information content (AvgIpc) is 2.29. The van der Waals surface area contributed by atoms with Gasteiger partial charge in [0.25, 0.3) is 0 Å². The fourth-order valence-corrected chi connectivity index (χ4v) is 2.04. The van der Waals surface area contributed by atoms with Gasteiger partial charge in [0.1, 0.15) is 11.6 Å². The van der Waals surface area contributed by atoms with Crippen molar-refractivity contribution in [3.05, 3.63) is 35.4 Å². The molecule has 1 saturated heterocycles. The molecule has 0 saturated carbocycles. The summed E-state index contributed by atoms with van der Waals surface area (Å²) < 4.78 is 31.9. The Bertz CT molecular complexity index is 389. The summed E-state index contributed by atoms with van der Waals surface area (Å²) in [6.07, 6.45) is 2.02. The van der Waals surface area contributed by atoms with Crippen LogP contribution in [-0.4, -0.2) is 18.7 Å². The van der Waals surface area contributed by atoms with Gasteiger partial charge in [0, 0.05) is 18.2 Å². The second kappa shape index (κ2) is 5.10. The summed E-state index contributed by atoms with van der Waals surface area (Å²) in [5.74, 6) is -1.10. The highest BCUT2D eigenvalue weighted by atomic mass is 19.1. The minimum atomic E-state index is -0.559. The zero-order valence-corrected chi connectivity index (χ0v) is 9.93. The molecule has 17 heavy (non-hydrogen) atoms. The number of benzene rings is 1. The van der Waals surface area contributed by atoms with Gasteiger partial charge in [-0.2, -0.15) is 0 Å². The van der Waals surface area contributed by atoms with Gasteiger partial charge in [-0.1, -0.05) is 6.07 Å². The predicted octanol–water partition coefficient (Wildman–Crippen LogP) is 2.62. The highest BCUT2D eigenvalue weighted by Gasteiger charge is 2.27. The van der Waals surface area contributed by atoms with Crippen LogP contribution in [0, 0.1) is 11.6 Å². The van der Waals surface area contributed by atoms with Crippen LogP contribution in [0.15, 0.2) is 18.2 Å². The van der Waals surface area contributed by atoms with Gasteiger partial charge < -0.3 is 10.1 Å². The smallest absolute Gasteiger partial charge is 0.131 e. The molecule has 4 heteroatoms. The lowest BCUT2D eigenvalue weighted by Gasteiger charge is -2.34. The zero-order chi connectivity index (χ0) is 12.3. The van der Waals surface area contributed by atoms with Crippen LogP contribution in [0.4, 0.5) is 8.78 Å². The van der Waals surface area contributed by atoms with E-state index in [1.165, 1.54) is 12.1 Å². The Kier molecular flexibility index (Phi) is 3.74. The minimum Gasteiger partial charge on any atom is -0.369 e. The molecule has 0 aromatic heterocycles. The third kappa shape index (κ3) is 3.23. The van der Waals surface area contributed by atoms with Crippen molar-refractivity contribution < 1.29 is 13.5 Å². The lowest BCUT2D eigenvalue weighted by Crippen LogP contribution is -2.45. The molecule has 94 valence electrons. The van der Waals surface area contributed by atoms with Gasteiger partial charge in [0.05, 0.1) is 12.2 Å². The van der Waals surface area contributed by atoms with Gasteiger partial charge in [0.15, 0.2) is 0 Å². The monoisotopic (exact) mass is 241 g/mol. The number of ether oxygens (including phenoxy) is 1. The van der Waals surface area contributed by atoms with Gasteiger partial charge in [-0.05, 0) is 32.4 Å². The van der Waals surface area contributed by atoms with E-state index in [1.54, 1.807) is 0 Å². The number of rotatable bonds is 3. The Morgan fingerprint density at radius 1 is 1.41 bits per heavy atom. The van der Waals surface area contributed by atoms with E-state index in [9.17, 15) is 8.78 Å². The van der Waals surface area contributed by atoms with Crippen LogP contribution in [0.2, 0.25) is 0 Å². The van der Waals surface area contributed by atoms with Crippen LogP contribution < -0.4 is 5.32 Å². The molecule has 1 atom stereocenters. The van der Waals surface area contributed by atoms with Crippen LogP contribution in [0.25, 0.3) is 0 Å². The highest BCUT2D eigenvalue weighted by molar-refractivity contribution is 5.17. The van der Waals surface area contributed by atoms with E-state index in [4.69, 9.17) is 4.74 Å². The molecular weight excluding hydrogens is 224 g/mol. The summed E-state index contributed by atoms with van der Waals surface area (Å²) in [5.41, 5.74) is 0.150. The number of hydrogen-bond acceptors (Lipinski definition) is 2. The van der Waals surface area contributed by atoms with E-state index in [2.05, 4.69) is 5.32 Å². The van der Waals surface area contributed by atoms with Crippen LogP contribution in [0.1, 0.15) is 25.3 Å². The van der Waals surface area contributed by atoms with Gasteiger partial charge in [-0.15, -0.1) is 0 Å².